The van der Waals surface area contributed by atoms with Gasteiger partial charge in [-0.3, -0.25) is 4.57 Å². The lowest BCUT2D eigenvalue weighted by atomic mass is 9.81. The lowest BCUT2D eigenvalue weighted by Crippen LogP contribution is -2.12. The fourth-order valence-corrected chi connectivity index (χ4v) is 7.90. The molecule has 0 saturated carbocycles. The topological polar surface area (TPSA) is 44.9 Å². The third-order valence-corrected chi connectivity index (χ3v) is 11.0. The second-order valence-corrected chi connectivity index (χ2v) is 17.0. The zero-order chi connectivity index (χ0) is 38.6. The van der Waals surface area contributed by atoms with Crippen LogP contribution in [0, 0.1) is 13.8 Å². The first-order chi connectivity index (χ1) is 25.7. The summed E-state index contributed by atoms with van der Waals surface area (Å²) in [6, 6.07) is 30.7. The van der Waals surface area contributed by atoms with Gasteiger partial charge in [0, 0.05) is 40.4 Å². The molecule has 0 amide bonds. The van der Waals surface area contributed by atoms with Crippen LogP contribution in [0.2, 0.25) is 0 Å². The van der Waals surface area contributed by atoms with Crippen molar-refractivity contribution in [3.8, 4) is 34.1 Å². The molecule has 0 bridgehead atoms. The SMILES string of the molecule is CCc1ccnc(-n2c3ccccc3c3ccc(Oc4cc(-n5nc(C)c(-c6c(C(C)C)cc(C(C)C)cc6C(C)C)c5C)cc(C(C)(C)C)c4)cc32)c1. The minimum Gasteiger partial charge on any atom is -0.457 e. The van der Waals surface area contributed by atoms with Crippen LogP contribution in [-0.2, 0) is 11.8 Å². The van der Waals surface area contributed by atoms with Gasteiger partial charge in [-0.1, -0.05) is 99.6 Å². The second-order valence-electron chi connectivity index (χ2n) is 17.0. The van der Waals surface area contributed by atoms with E-state index in [-0.39, 0.29) is 5.41 Å². The molecule has 5 nitrogen and oxygen atoms in total. The highest BCUT2D eigenvalue weighted by Gasteiger charge is 2.26. The van der Waals surface area contributed by atoms with Crippen molar-refractivity contribution < 1.29 is 4.74 Å². The molecule has 0 aliphatic rings. The minimum absolute atomic E-state index is 0.109. The summed E-state index contributed by atoms with van der Waals surface area (Å²) in [6.45, 7) is 27.2. The van der Waals surface area contributed by atoms with Crippen molar-refractivity contribution in [3.63, 3.8) is 0 Å². The van der Waals surface area contributed by atoms with Crippen molar-refractivity contribution in [1.29, 1.82) is 0 Å². The first kappa shape index (κ1) is 37.2. The van der Waals surface area contributed by atoms with Crippen LogP contribution in [0.25, 0.3) is 44.4 Å². The highest BCUT2D eigenvalue weighted by atomic mass is 16.5. The fourth-order valence-electron chi connectivity index (χ4n) is 7.90. The van der Waals surface area contributed by atoms with Crippen molar-refractivity contribution in [2.75, 3.05) is 0 Å². The molecule has 7 rings (SSSR count). The number of benzene rings is 4. The molecule has 0 saturated heterocycles. The summed E-state index contributed by atoms with van der Waals surface area (Å²) in [5.74, 6) is 3.69. The summed E-state index contributed by atoms with van der Waals surface area (Å²) < 4.78 is 11.2. The molecule has 0 aliphatic carbocycles. The molecule has 278 valence electrons. The molecule has 3 heterocycles. The van der Waals surface area contributed by atoms with Gasteiger partial charge in [0.05, 0.1) is 22.4 Å². The van der Waals surface area contributed by atoms with Gasteiger partial charge in [0.15, 0.2) is 0 Å². The summed E-state index contributed by atoms with van der Waals surface area (Å²) in [6.07, 6.45) is 2.86. The number of fused-ring (bicyclic) bond motifs is 3. The Hall–Kier alpha value is -5.16. The third-order valence-electron chi connectivity index (χ3n) is 11.0. The van der Waals surface area contributed by atoms with Crippen molar-refractivity contribution in [2.24, 2.45) is 0 Å². The third kappa shape index (κ3) is 6.74. The van der Waals surface area contributed by atoms with E-state index >= 15 is 0 Å². The summed E-state index contributed by atoms with van der Waals surface area (Å²) in [7, 11) is 0. The van der Waals surface area contributed by atoms with Crippen LogP contribution in [0.1, 0.15) is 126 Å². The Morgan fingerprint density at radius 1 is 0.685 bits per heavy atom. The van der Waals surface area contributed by atoms with Crippen LogP contribution in [0.3, 0.4) is 0 Å². The molecule has 5 heteroatoms. The molecule has 54 heavy (non-hydrogen) atoms. The summed E-state index contributed by atoms with van der Waals surface area (Å²) >= 11 is 0. The number of aryl methyl sites for hydroxylation is 2. The van der Waals surface area contributed by atoms with Gasteiger partial charge in [-0.05, 0) is 119 Å². The molecule has 0 aliphatic heterocycles. The highest BCUT2D eigenvalue weighted by Crippen LogP contribution is 2.43. The van der Waals surface area contributed by atoms with Crippen molar-refractivity contribution in [3.05, 3.63) is 130 Å². The Labute approximate surface area is 322 Å². The van der Waals surface area contributed by atoms with Crippen molar-refractivity contribution in [1.82, 2.24) is 19.3 Å². The Morgan fingerprint density at radius 2 is 1.37 bits per heavy atom. The van der Waals surface area contributed by atoms with E-state index in [1.54, 1.807) is 0 Å². The number of nitrogens with zero attached hydrogens (tertiary/aromatic N) is 4. The average molecular weight is 717 g/mol. The number of aromatic nitrogens is 4. The van der Waals surface area contributed by atoms with Crippen LogP contribution in [0.15, 0.2) is 91.1 Å². The fraction of sp³-hybridized carbons (Fsp3) is 0.347. The molecular formula is C49H56N4O. The summed E-state index contributed by atoms with van der Waals surface area (Å²) in [5.41, 5.74) is 14.5. The highest BCUT2D eigenvalue weighted by molar-refractivity contribution is 6.09. The number of rotatable bonds is 9. The number of para-hydroxylation sites is 1. The van der Waals surface area contributed by atoms with Crippen LogP contribution in [0.4, 0.5) is 0 Å². The van der Waals surface area contributed by atoms with Gasteiger partial charge in [0.2, 0.25) is 0 Å². The van der Waals surface area contributed by atoms with E-state index in [4.69, 9.17) is 14.8 Å². The van der Waals surface area contributed by atoms with Gasteiger partial charge in [0.1, 0.15) is 17.3 Å². The van der Waals surface area contributed by atoms with E-state index in [1.165, 1.54) is 49.7 Å². The maximum atomic E-state index is 6.84. The van der Waals surface area contributed by atoms with Gasteiger partial charge >= 0.3 is 0 Å². The molecule has 0 N–H and O–H groups in total. The minimum atomic E-state index is -0.109. The second kappa shape index (κ2) is 14.2. The van der Waals surface area contributed by atoms with Crippen LogP contribution in [0.5, 0.6) is 11.5 Å². The molecule has 7 aromatic rings. The lowest BCUT2D eigenvalue weighted by Gasteiger charge is -2.24. The van der Waals surface area contributed by atoms with E-state index in [0.717, 1.165) is 51.8 Å². The maximum absolute atomic E-state index is 6.84. The standard InChI is InChI=1S/C49H56N4O/c1-13-34-20-21-50-46(22-34)52-44-17-15-14-16-40(44)41-19-18-38(28-45(41)52)54-39-26-36(49(10,11)12)25-37(27-39)53-33(9)47(32(8)51-53)48-42(30(4)5)23-35(29(2)3)24-43(48)31(6)7/h14-31H,13H2,1-12H3. The van der Waals surface area contributed by atoms with E-state index in [2.05, 4.69) is 177 Å². The molecule has 3 aromatic heterocycles. The summed E-state index contributed by atoms with van der Waals surface area (Å²) in [5, 5.41) is 7.63. The van der Waals surface area contributed by atoms with Crippen molar-refractivity contribution in [2.45, 2.75) is 113 Å². The monoisotopic (exact) mass is 716 g/mol. The van der Waals surface area contributed by atoms with Gasteiger partial charge in [-0.15, -0.1) is 0 Å². The predicted molar refractivity (Wildman–Crippen MR) is 227 cm³/mol. The van der Waals surface area contributed by atoms with Gasteiger partial charge in [0.25, 0.3) is 0 Å². The quantitative estimate of drug-likeness (QED) is 0.149. The molecule has 0 fully saturated rings. The molecule has 0 atom stereocenters. The molecule has 0 radical (unpaired) electrons. The number of pyridine rings is 1. The van der Waals surface area contributed by atoms with E-state index in [0.29, 0.717) is 17.8 Å². The zero-order valence-electron chi connectivity index (χ0n) is 34.3. The molecule has 4 aromatic carbocycles. The predicted octanol–water partition coefficient (Wildman–Crippen LogP) is 13.7. The van der Waals surface area contributed by atoms with Gasteiger partial charge in [-0.2, -0.15) is 5.10 Å². The van der Waals surface area contributed by atoms with E-state index in [1.807, 2.05) is 6.20 Å². The Morgan fingerprint density at radius 3 is 2.02 bits per heavy atom. The maximum Gasteiger partial charge on any atom is 0.137 e. The van der Waals surface area contributed by atoms with Crippen LogP contribution < -0.4 is 4.74 Å². The number of hydrogen-bond donors (Lipinski definition) is 0. The first-order valence-corrected chi connectivity index (χ1v) is 19.7. The normalized spacial score (nSPS) is 12.3. The molecule has 0 spiro atoms. The Kier molecular flexibility index (Phi) is 9.80. The van der Waals surface area contributed by atoms with Gasteiger partial charge < -0.3 is 4.74 Å². The van der Waals surface area contributed by atoms with E-state index < -0.39 is 0 Å². The van der Waals surface area contributed by atoms with Crippen LogP contribution >= 0.6 is 0 Å². The smallest absolute Gasteiger partial charge is 0.137 e. The van der Waals surface area contributed by atoms with Gasteiger partial charge in [-0.25, -0.2) is 9.67 Å². The number of ether oxygens (including phenoxy) is 1. The van der Waals surface area contributed by atoms with Crippen molar-refractivity contribution >= 4 is 21.8 Å². The number of hydrogen-bond acceptors (Lipinski definition) is 3. The largest absolute Gasteiger partial charge is 0.457 e. The average Bonchev–Trinajstić information content (AvgIpc) is 3.62. The first-order valence-electron chi connectivity index (χ1n) is 19.7. The summed E-state index contributed by atoms with van der Waals surface area (Å²) in [4.78, 5) is 4.82. The Bertz CT molecular complexity index is 2470. The van der Waals surface area contributed by atoms with E-state index in [9.17, 15) is 0 Å². The Balaban J connectivity index is 1.37. The molecule has 0 unspecified atom stereocenters. The van der Waals surface area contributed by atoms with Crippen LogP contribution in [-0.4, -0.2) is 19.3 Å². The zero-order valence-corrected chi connectivity index (χ0v) is 34.3. The lowest BCUT2D eigenvalue weighted by molar-refractivity contribution is 0.478. The molecular weight excluding hydrogens is 661 g/mol.